The van der Waals surface area contributed by atoms with Crippen molar-refractivity contribution in [1.29, 1.82) is 0 Å². The van der Waals surface area contributed by atoms with E-state index in [-0.39, 0.29) is 0 Å². The zero-order valence-electron chi connectivity index (χ0n) is 15.6. The van der Waals surface area contributed by atoms with E-state index in [2.05, 4.69) is 61.4 Å². The Morgan fingerprint density at radius 2 is 1.62 bits per heavy atom. The molecule has 0 saturated carbocycles. The molecule has 1 aromatic heterocycles. The molecule has 0 amide bonds. The van der Waals surface area contributed by atoms with Crippen LogP contribution in [0.2, 0.25) is 0 Å². The lowest BCUT2D eigenvalue weighted by Gasteiger charge is -2.25. The number of hydrogen-bond acceptors (Lipinski definition) is 3. The van der Waals surface area contributed by atoms with Gasteiger partial charge in [0.05, 0.1) is 13.2 Å². The molecular formula is C19H30N4S. The lowest BCUT2D eigenvalue weighted by Crippen LogP contribution is -2.33. The molecule has 0 aliphatic heterocycles. The summed E-state index contributed by atoms with van der Waals surface area (Å²) in [7, 11) is 0. The van der Waals surface area contributed by atoms with Gasteiger partial charge in [0.1, 0.15) is 5.82 Å². The van der Waals surface area contributed by atoms with Gasteiger partial charge in [-0.2, -0.15) is 5.10 Å². The molecule has 0 aliphatic carbocycles. The molecule has 0 aliphatic rings. The summed E-state index contributed by atoms with van der Waals surface area (Å²) >= 11 is 5.69. The summed E-state index contributed by atoms with van der Waals surface area (Å²) in [6.07, 6.45) is 0. The van der Waals surface area contributed by atoms with E-state index in [4.69, 9.17) is 17.3 Å². The third-order valence-electron chi connectivity index (χ3n) is 3.87. The van der Waals surface area contributed by atoms with Crippen molar-refractivity contribution in [1.82, 2.24) is 19.2 Å². The summed E-state index contributed by atoms with van der Waals surface area (Å²) in [6, 6.07) is 10.4. The van der Waals surface area contributed by atoms with Crippen LogP contribution in [0.15, 0.2) is 30.3 Å². The van der Waals surface area contributed by atoms with Gasteiger partial charge < -0.3 is 0 Å². The molecule has 24 heavy (non-hydrogen) atoms. The largest absolute Gasteiger partial charge is 0.300 e. The quantitative estimate of drug-likeness (QED) is 0.665. The minimum atomic E-state index is 0.630. The smallest absolute Gasteiger partial charge is 0.199 e. The molecule has 132 valence electrons. The van der Waals surface area contributed by atoms with Gasteiger partial charge in [-0.3, -0.25) is 9.47 Å². The molecule has 0 bridgehead atoms. The first-order valence-corrected chi connectivity index (χ1v) is 9.18. The van der Waals surface area contributed by atoms with E-state index in [0.29, 0.717) is 11.8 Å². The molecule has 4 nitrogen and oxygen atoms in total. The summed E-state index contributed by atoms with van der Waals surface area (Å²) < 4.78 is 4.89. The second-order valence-electron chi connectivity index (χ2n) is 7.37. The molecule has 0 fully saturated rings. The van der Waals surface area contributed by atoms with Crippen LogP contribution in [0.1, 0.15) is 39.1 Å². The van der Waals surface area contributed by atoms with Crippen molar-refractivity contribution in [2.24, 2.45) is 11.8 Å². The fourth-order valence-corrected chi connectivity index (χ4v) is 3.30. The number of nitrogens with zero attached hydrogens (tertiary/aromatic N) is 4. The molecule has 2 aromatic rings. The van der Waals surface area contributed by atoms with Crippen molar-refractivity contribution < 1.29 is 0 Å². The normalized spacial score (nSPS) is 11.8. The highest BCUT2D eigenvalue weighted by atomic mass is 32.1. The highest BCUT2D eigenvalue weighted by Gasteiger charge is 2.14. The number of aryl methyl sites for hydroxylation is 1. The highest BCUT2D eigenvalue weighted by Crippen LogP contribution is 2.10. The Morgan fingerprint density at radius 3 is 2.17 bits per heavy atom. The van der Waals surface area contributed by atoms with Crippen molar-refractivity contribution in [3.8, 4) is 0 Å². The zero-order valence-corrected chi connectivity index (χ0v) is 16.4. The van der Waals surface area contributed by atoms with Crippen LogP contribution >= 0.6 is 12.2 Å². The number of hydrogen-bond donors (Lipinski definition) is 0. The second kappa shape index (κ2) is 8.58. The predicted molar refractivity (Wildman–Crippen MR) is 103 cm³/mol. The summed E-state index contributed by atoms with van der Waals surface area (Å²) in [5, 5.41) is 4.69. The second-order valence-corrected chi connectivity index (χ2v) is 7.73. The van der Waals surface area contributed by atoms with Gasteiger partial charge in [0.25, 0.3) is 0 Å². The van der Waals surface area contributed by atoms with E-state index < -0.39 is 0 Å². The average Bonchev–Trinajstić information content (AvgIpc) is 2.74. The molecule has 0 spiro atoms. The maximum Gasteiger partial charge on any atom is 0.199 e. The van der Waals surface area contributed by atoms with E-state index >= 15 is 0 Å². The molecule has 0 saturated heterocycles. The third-order valence-corrected chi connectivity index (χ3v) is 4.30. The molecule has 5 heteroatoms. The van der Waals surface area contributed by atoms with Gasteiger partial charge in [0.15, 0.2) is 4.77 Å². The van der Waals surface area contributed by atoms with Crippen LogP contribution in [-0.4, -0.2) is 32.3 Å². The molecule has 1 aromatic carbocycles. The van der Waals surface area contributed by atoms with Crippen LogP contribution in [0, 0.1) is 23.5 Å². The predicted octanol–water partition coefficient (Wildman–Crippen LogP) is 4.34. The Hall–Kier alpha value is -1.46. The van der Waals surface area contributed by atoms with E-state index in [9.17, 15) is 0 Å². The standard InChI is InChI=1S/C19H30N4S/c1-15(2)11-21(12-16(3)4)14-23-19(24)22(17(5)20-23)13-18-9-7-6-8-10-18/h6-10,15-16H,11-14H2,1-5H3. The topological polar surface area (TPSA) is 26.0 Å². The molecule has 2 rings (SSSR count). The Balaban J connectivity index is 2.18. The number of benzene rings is 1. The number of rotatable bonds is 8. The monoisotopic (exact) mass is 346 g/mol. The van der Waals surface area contributed by atoms with Gasteiger partial charge in [0, 0.05) is 13.1 Å². The summed E-state index contributed by atoms with van der Waals surface area (Å²) in [5.41, 5.74) is 1.25. The van der Waals surface area contributed by atoms with E-state index in [1.807, 2.05) is 17.7 Å². The summed E-state index contributed by atoms with van der Waals surface area (Å²) in [4.78, 5) is 2.45. The van der Waals surface area contributed by atoms with Crippen LogP contribution in [0.5, 0.6) is 0 Å². The molecule has 0 N–H and O–H groups in total. The van der Waals surface area contributed by atoms with E-state index in [1.54, 1.807) is 0 Å². The van der Waals surface area contributed by atoms with Crippen molar-refractivity contribution >= 4 is 12.2 Å². The van der Waals surface area contributed by atoms with Gasteiger partial charge in [-0.15, -0.1) is 0 Å². The van der Waals surface area contributed by atoms with Gasteiger partial charge in [-0.25, -0.2) is 4.68 Å². The van der Waals surface area contributed by atoms with Crippen molar-refractivity contribution in [2.75, 3.05) is 13.1 Å². The third kappa shape index (κ3) is 5.28. The molecular weight excluding hydrogens is 316 g/mol. The summed E-state index contributed by atoms with van der Waals surface area (Å²) in [6.45, 7) is 14.7. The summed E-state index contributed by atoms with van der Waals surface area (Å²) in [5.74, 6) is 2.23. The molecule has 1 heterocycles. The van der Waals surface area contributed by atoms with Crippen LogP contribution in [0.4, 0.5) is 0 Å². The van der Waals surface area contributed by atoms with Crippen LogP contribution < -0.4 is 0 Å². The minimum absolute atomic E-state index is 0.630. The molecule has 0 atom stereocenters. The lowest BCUT2D eigenvalue weighted by atomic mass is 10.1. The molecule has 0 unspecified atom stereocenters. The Labute approximate surface area is 151 Å². The van der Waals surface area contributed by atoms with Gasteiger partial charge in [-0.05, 0) is 36.5 Å². The fourth-order valence-electron chi connectivity index (χ4n) is 3.00. The van der Waals surface area contributed by atoms with Crippen LogP contribution in [0.3, 0.4) is 0 Å². The van der Waals surface area contributed by atoms with Gasteiger partial charge >= 0.3 is 0 Å². The highest BCUT2D eigenvalue weighted by molar-refractivity contribution is 7.71. The van der Waals surface area contributed by atoms with Gasteiger partial charge in [-0.1, -0.05) is 58.0 Å². The minimum Gasteiger partial charge on any atom is -0.300 e. The van der Waals surface area contributed by atoms with Crippen molar-refractivity contribution in [3.05, 3.63) is 46.5 Å². The fraction of sp³-hybridized carbons (Fsp3) is 0.579. The molecule has 0 radical (unpaired) electrons. The average molecular weight is 347 g/mol. The maximum absolute atomic E-state index is 5.69. The van der Waals surface area contributed by atoms with Crippen LogP contribution in [-0.2, 0) is 13.2 Å². The van der Waals surface area contributed by atoms with Crippen LogP contribution in [0.25, 0.3) is 0 Å². The Kier molecular flexibility index (Phi) is 6.75. The first-order chi connectivity index (χ1) is 11.4. The number of aromatic nitrogens is 3. The Morgan fingerprint density at radius 1 is 1.04 bits per heavy atom. The zero-order chi connectivity index (χ0) is 17.7. The SMILES string of the molecule is Cc1nn(CN(CC(C)C)CC(C)C)c(=S)n1Cc1ccccc1. The van der Waals surface area contributed by atoms with E-state index in [1.165, 1.54) is 5.56 Å². The first-order valence-electron chi connectivity index (χ1n) is 8.77. The first kappa shape index (κ1) is 18.9. The maximum atomic E-state index is 5.69. The van der Waals surface area contributed by atoms with E-state index in [0.717, 1.165) is 36.9 Å². The van der Waals surface area contributed by atoms with Crippen molar-refractivity contribution in [3.63, 3.8) is 0 Å². The lowest BCUT2D eigenvalue weighted by molar-refractivity contribution is 0.164. The van der Waals surface area contributed by atoms with Crippen molar-refractivity contribution in [2.45, 2.75) is 47.8 Å². The Bertz CT molecular complexity index is 675. The van der Waals surface area contributed by atoms with Gasteiger partial charge in [0.2, 0.25) is 0 Å².